The third-order valence-electron chi connectivity index (χ3n) is 5.48. The summed E-state index contributed by atoms with van der Waals surface area (Å²) in [6.07, 6.45) is -10.2. The number of benzene rings is 2. The highest BCUT2D eigenvalue weighted by Gasteiger charge is 2.41. The molecule has 0 atom stereocenters. The van der Waals surface area contributed by atoms with Gasteiger partial charge in [-0.25, -0.2) is 9.50 Å². The highest BCUT2D eigenvalue weighted by molar-refractivity contribution is 5.90. The minimum absolute atomic E-state index is 0.0144. The maximum Gasteiger partial charge on any atom is 0.433 e. The van der Waals surface area contributed by atoms with Crippen molar-refractivity contribution in [2.24, 2.45) is 0 Å². The van der Waals surface area contributed by atoms with Crippen LogP contribution in [-0.4, -0.2) is 53.9 Å². The van der Waals surface area contributed by atoms with Crippen LogP contribution in [-0.2, 0) is 12.4 Å². The van der Waals surface area contributed by atoms with Gasteiger partial charge in [0.15, 0.2) is 11.3 Å². The molecule has 0 radical (unpaired) electrons. The molecule has 37 heavy (non-hydrogen) atoms. The highest BCUT2D eigenvalue weighted by Crippen LogP contribution is 2.41. The molecule has 0 aliphatic heterocycles. The number of alkyl halides is 6. The second kappa shape index (κ2) is 9.92. The first-order valence-corrected chi connectivity index (χ1v) is 11.0. The van der Waals surface area contributed by atoms with E-state index in [2.05, 4.69) is 10.1 Å². The predicted molar refractivity (Wildman–Crippen MR) is 124 cm³/mol. The van der Waals surface area contributed by atoms with Gasteiger partial charge in [0, 0.05) is 12.1 Å². The van der Waals surface area contributed by atoms with Gasteiger partial charge in [-0.2, -0.15) is 31.4 Å². The van der Waals surface area contributed by atoms with Crippen molar-refractivity contribution < 1.29 is 35.8 Å². The molecule has 0 bridgehead atoms. The van der Waals surface area contributed by atoms with E-state index in [4.69, 9.17) is 9.47 Å². The maximum absolute atomic E-state index is 13.9. The molecule has 12 heteroatoms. The van der Waals surface area contributed by atoms with Gasteiger partial charge in [-0.05, 0) is 62.1 Å². The van der Waals surface area contributed by atoms with Gasteiger partial charge in [-0.1, -0.05) is 12.1 Å². The fraction of sp³-hybridized carbons (Fsp3) is 0.280. The van der Waals surface area contributed by atoms with E-state index in [0.717, 1.165) is 0 Å². The van der Waals surface area contributed by atoms with Crippen LogP contribution < -0.4 is 9.47 Å². The number of aromatic nitrogens is 3. The summed E-state index contributed by atoms with van der Waals surface area (Å²) in [7, 11) is 5.22. The molecule has 0 fully saturated rings. The first-order chi connectivity index (χ1) is 17.4. The molecule has 0 aliphatic carbocycles. The second-order valence-corrected chi connectivity index (χ2v) is 8.39. The lowest BCUT2D eigenvalue weighted by Crippen LogP contribution is -2.19. The number of rotatable bonds is 7. The van der Waals surface area contributed by atoms with Crippen LogP contribution in [0.5, 0.6) is 11.5 Å². The van der Waals surface area contributed by atoms with Crippen LogP contribution in [0.1, 0.15) is 11.4 Å². The molecule has 2 aromatic heterocycles. The van der Waals surface area contributed by atoms with Crippen molar-refractivity contribution in [2.45, 2.75) is 12.4 Å². The Labute approximate surface area is 208 Å². The molecular weight excluding hydrogens is 502 g/mol. The fourth-order valence-corrected chi connectivity index (χ4v) is 3.65. The third kappa shape index (κ3) is 5.63. The average molecular weight is 524 g/mol. The Morgan fingerprint density at radius 2 is 1.43 bits per heavy atom. The van der Waals surface area contributed by atoms with Crippen LogP contribution >= 0.6 is 0 Å². The molecule has 6 nitrogen and oxygen atoms in total. The zero-order valence-electron chi connectivity index (χ0n) is 20.0. The summed E-state index contributed by atoms with van der Waals surface area (Å²) in [5.41, 5.74) is -3.10. The molecule has 0 N–H and O–H groups in total. The lowest BCUT2D eigenvalue weighted by molar-refractivity contribution is -0.148. The molecule has 0 amide bonds. The molecule has 196 valence electrons. The summed E-state index contributed by atoms with van der Waals surface area (Å²) in [6.45, 7) is 1.08. The normalized spacial score (nSPS) is 12.4. The van der Waals surface area contributed by atoms with Crippen molar-refractivity contribution in [2.75, 3.05) is 34.4 Å². The number of halogens is 6. The highest BCUT2D eigenvalue weighted by atomic mass is 19.4. The molecule has 0 spiro atoms. The zero-order chi connectivity index (χ0) is 27.0. The van der Waals surface area contributed by atoms with Gasteiger partial charge in [0.25, 0.3) is 0 Å². The smallest absolute Gasteiger partial charge is 0.433 e. The van der Waals surface area contributed by atoms with Crippen LogP contribution in [0.4, 0.5) is 26.3 Å². The van der Waals surface area contributed by atoms with Crippen molar-refractivity contribution in [3.8, 4) is 33.9 Å². The van der Waals surface area contributed by atoms with E-state index in [1.54, 1.807) is 36.4 Å². The Morgan fingerprint density at radius 3 is 1.97 bits per heavy atom. The van der Waals surface area contributed by atoms with Crippen molar-refractivity contribution in [3.63, 3.8) is 0 Å². The van der Waals surface area contributed by atoms with Crippen LogP contribution in [0.25, 0.3) is 28.0 Å². The summed E-state index contributed by atoms with van der Waals surface area (Å²) in [4.78, 5) is 5.51. The van der Waals surface area contributed by atoms with E-state index in [9.17, 15) is 26.3 Å². The topological polar surface area (TPSA) is 51.9 Å². The summed E-state index contributed by atoms with van der Waals surface area (Å²) in [5.74, 6) is 0.981. The summed E-state index contributed by atoms with van der Waals surface area (Å²) < 4.78 is 93.4. The van der Waals surface area contributed by atoms with Crippen LogP contribution in [0.15, 0.2) is 54.6 Å². The largest absolute Gasteiger partial charge is 0.497 e. The minimum atomic E-state index is -5.12. The van der Waals surface area contributed by atoms with E-state index in [1.807, 2.05) is 19.0 Å². The summed E-state index contributed by atoms with van der Waals surface area (Å²) >= 11 is 0. The van der Waals surface area contributed by atoms with Gasteiger partial charge in [-0.15, -0.1) is 0 Å². The van der Waals surface area contributed by atoms with E-state index in [1.165, 1.54) is 19.2 Å². The molecule has 4 aromatic rings. The number of methoxy groups -OCH3 is 1. The van der Waals surface area contributed by atoms with Crippen LogP contribution in [0.2, 0.25) is 0 Å². The Balaban J connectivity index is 1.93. The van der Waals surface area contributed by atoms with Crippen LogP contribution in [0.3, 0.4) is 0 Å². The summed E-state index contributed by atoms with van der Waals surface area (Å²) in [6, 6.07) is 12.5. The molecule has 0 saturated carbocycles. The van der Waals surface area contributed by atoms with Crippen molar-refractivity contribution >= 4 is 5.65 Å². The lowest BCUT2D eigenvalue weighted by atomic mass is 10.0. The molecule has 0 saturated heterocycles. The Kier molecular flexibility index (Phi) is 7.05. The molecule has 0 aliphatic rings. The zero-order valence-corrected chi connectivity index (χ0v) is 20.0. The number of ether oxygens (including phenoxy) is 2. The molecule has 4 rings (SSSR count). The Bertz CT molecular complexity index is 1380. The number of nitrogens with zero attached hydrogens (tertiary/aromatic N) is 4. The second-order valence-electron chi connectivity index (χ2n) is 8.39. The fourth-order valence-electron chi connectivity index (χ4n) is 3.65. The van der Waals surface area contributed by atoms with E-state index in [0.29, 0.717) is 40.3 Å². The Morgan fingerprint density at radius 1 is 0.838 bits per heavy atom. The van der Waals surface area contributed by atoms with Gasteiger partial charge in [0.05, 0.1) is 12.7 Å². The van der Waals surface area contributed by atoms with Gasteiger partial charge in [0.1, 0.15) is 29.5 Å². The monoisotopic (exact) mass is 524 g/mol. The van der Waals surface area contributed by atoms with Crippen molar-refractivity contribution in [1.29, 1.82) is 0 Å². The molecule has 2 aromatic carbocycles. The summed E-state index contributed by atoms with van der Waals surface area (Å²) in [5, 5.41) is 4.09. The SMILES string of the molecule is COc1ccc(-c2c(-c3ccc(OCCN(C)C)cc3)nn3c(C(F)(F)F)cc(C(F)(F)F)nc23)cc1. The standard InChI is InChI=1S/C25H22F6N4O2/c1-34(2)12-13-37-18-10-6-16(7-11-18)22-21(15-4-8-17(36-3)9-5-15)23-32-19(24(26,27)28)14-20(25(29,30)31)35(23)33-22/h4-11,14H,12-13H2,1-3H3. The third-order valence-corrected chi connectivity index (χ3v) is 5.48. The number of likely N-dealkylation sites (N-methyl/N-ethyl adjacent to an activating group) is 1. The van der Waals surface area contributed by atoms with E-state index < -0.39 is 29.4 Å². The van der Waals surface area contributed by atoms with Crippen molar-refractivity contribution in [1.82, 2.24) is 19.5 Å². The number of hydrogen-bond acceptors (Lipinski definition) is 5. The first kappa shape index (κ1) is 26.3. The van der Waals surface area contributed by atoms with E-state index >= 15 is 0 Å². The predicted octanol–water partition coefficient (Wildman–Crippen LogP) is 6.05. The van der Waals surface area contributed by atoms with Gasteiger partial charge in [-0.3, -0.25) is 0 Å². The Hall–Kier alpha value is -3.80. The molecule has 0 unspecified atom stereocenters. The quantitative estimate of drug-likeness (QED) is 0.276. The van der Waals surface area contributed by atoms with Gasteiger partial charge < -0.3 is 14.4 Å². The number of fused-ring (bicyclic) bond motifs is 1. The lowest BCUT2D eigenvalue weighted by Gasteiger charge is -2.13. The maximum atomic E-state index is 13.9. The average Bonchev–Trinajstić information content (AvgIpc) is 3.22. The van der Waals surface area contributed by atoms with E-state index in [-0.39, 0.29) is 17.3 Å². The van der Waals surface area contributed by atoms with Crippen molar-refractivity contribution in [3.05, 3.63) is 66.0 Å². The molecule has 2 heterocycles. The molecular formula is C25H22F6N4O2. The van der Waals surface area contributed by atoms with Crippen LogP contribution in [0, 0.1) is 0 Å². The number of hydrogen-bond donors (Lipinski definition) is 0. The first-order valence-electron chi connectivity index (χ1n) is 11.0. The van der Waals surface area contributed by atoms with Gasteiger partial charge >= 0.3 is 12.4 Å². The minimum Gasteiger partial charge on any atom is -0.497 e. The van der Waals surface area contributed by atoms with Gasteiger partial charge in [0.2, 0.25) is 0 Å².